The second kappa shape index (κ2) is 5.97. The Morgan fingerprint density at radius 1 is 1.76 bits per heavy atom. The molecule has 0 spiro atoms. The Kier molecular flexibility index (Phi) is 4.33. The van der Waals surface area contributed by atoms with Gasteiger partial charge in [0.2, 0.25) is 0 Å². The van der Waals surface area contributed by atoms with Crippen molar-refractivity contribution in [3.63, 3.8) is 0 Å². The molecule has 0 bridgehead atoms. The number of carbonyl (C=O) groups is 1. The van der Waals surface area contributed by atoms with Crippen molar-refractivity contribution in [2.45, 2.75) is 25.3 Å². The van der Waals surface area contributed by atoms with E-state index in [1.54, 1.807) is 17.5 Å². The van der Waals surface area contributed by atoms with E-state index >= 15 is 0 Å². The Morgan fingerprint density at radius 3 is 3.29 bits per heavy atom. The van der Waals surface area contributed by atoms with E-state index in [0.29, 0.717) is 13.2 Å². The van der Waals surface area contributed by atoms with Gasteiger partial charge < -0.3 is 15.4 Å². The molecule has 0 radical (unpaired) electrons. The van der Waals surface area contributed by atoms with E-state index in [1.807, 2.05) is 5.38 Å². The summed E-state index contributed by atoms with van der Waals surface area (Å²) in [7, 11) is 0. The molecule has 94 valence electrons. The minimum Gasteiger partial charge on any atom is -0.379 e. The molecule has 6 heteroatoms. The SMILES string of the molecule is CC(CNC(=O)NC1CCOC1)c1nccs1. The number of hydrogen-bond donors (Lipinski definition) is 2. The van der Waals surface area contributed by atoms with Gasteiger partial charge in [0.15, 0.2) is 0 Å². The van der Waals surface area contributed by atoms with Crippen LogP contribution in [-0.2, 0) is 4.74 Å². The lowest BCUT2D eigenvalue weighted by Crippen LogP contribution is -2.43. The number of ether oxygens (including phenoxy) is 1. The lowest BCUT2D eigenvalue weighted by atomic mass is 10.2. The van der Waals surface area contributed by atoms with Crippen molar-refractivity contribution >= 4 is 17.4 Å². The highest BCUT2D eigenvalue weighted by Crippen LogP contribution is 2.16. The molecule has 2 atom stereocenters. The van der Waals surface area contributed by atoms with Gasteiger partial charge in [0.05, 0.1) is 17.7 Å². The van der Waals surface area contributed by atoms with Crippen molar-refractivity contribution in [3.05, 3.63) is 16.6 Å². The van der Waals surface area contributed by atoms with E-state index in [0.717, 1.165) is 18.0 Å². The lowest BCUT2D eigenvalue weighted by molar-refractivity contribution is 0.188. The van der Waals surface area contributed by atoms with Crippen LogP contribution >= 0.6 is 11.3 Å². The van der Waals surface area contributed by atoms with Crippen LogP contribution in [0.4, 0.5) is 4.79 Å². The maximum Gasteiger partial charge on any atom is 0.315 e. The molecular formula is C11H17N3O2S. The Labute approximate surface area is 105 Å². The topological polar surface area (TPSA) is 63.2 Å². The summed E-state index contributed by atoms with van der Waals surface area (Å²) in [5.41, 5.74) is 0. The van der Waals surface area contributed by atoms with E-state index in [9.17, 15) is 4.79 Å². The third kappa shape index (κ3) is 3.67. The zero-order valence-electron chi connectivity index (χ0n) is 9.81. The minimum absolute atomic E-state index is 0.121. The molecule has 0 saturated carbocycles. The van der Waals surface area contributed by atoms with E-state index in [2.05, 4.69) is 22.5 Å². The molecule has 1 fully saturated rings. The van der Waals surface area contributed by atoms with Gasteiger partial charge in [0, 0.05) is 30.6 Å². The van der Waals surface area contributed by atoms with E-state index < -0.39 is 0 Å². The monoisotopic (exact) mass is 255 g/mol. The Balaban J connectivity index is 1.68. The third-order valence-corrected chi connectivity index (χ3v) is 3.71. The second-order valence-electron chi connectivity index (χ2n) is 4.19. The molecule has 2 amide bonds. The fourth-order valence-corrected chi connectivity index (χ4v) is 2.39. The van der Waals surface area contributed by atoms with Crippen LogP contribution in [-0.4, -0.2) is 36.8 Å². The summed E-state index contributed by atoms with van der Waals surface area (Å²) in [6.45, 7) is 4.01. The number of nitrogens with one attached hydrogen (secondary N) is 2. The highest BCUT2D eigenvalue weighted by molar-refractivity contribution is 7.09. The smallest absolute Gasteiger partial charge is 0.315 e. The molecule has 0 aliphatic carbocycles. The molecule has 1 aromatic rings. The van der Waals surface area contributed by atoms with Crippen molar-refractivity contribution < 1.29 is 9.53 Å². The van der Waals surface area contributed by atoms with Crippen LogP contribution in [0.25, 0.3) is 0 Å². The predicted octanol–water partition coefficient (Wildman–Crippen LogP) is 1.33. The first-order valence-electron chi connectivity index (χ1n) is 5.77. The van der Waals surface area contributed by atoms with Crippen LogP contribution in [0.2, 0.25) is 0 Å². The zero-order valence-corrected chi connectivity index (χ0v) is 10.6. The molecule has 1 aliphatic rings. The maximum absolute atomic E-state index is 11.6. The summed E-state index contributed by atoms with van der Waals surface area (Å²) in [6.07, 6.45) is 2.68. The number of amides is 2. The molecule has 0 aromatic carbocycles. The van der Waals surface area contributed by atoms with E-state index in [-0.39, 0.29) is 18.0 Å². The highest BCUT2D eigenvalue weighted by Gasteiger charge is 2.18. The van der Waals surface area contributed by atoms with Crippen LogP contribution in [0, 0.1) is 0 Å². The summed E-state index contributed by atoms with van der Waals surface area (Å²) in [6, 6.07) is 0.0362. The Hall–Kier alpha value is -1.14. The van der Waals surface area contributed by atoms with Gasteiger partial charge in [-0.2, -0.15) is 0 Å². The van der Waals surface area contributed by atoms with Gasteiger partial charge in [-0.3, -0.25) is 0 Å². The number of urea groups is 1. The van der Waals surface area contributed by atoms with E-state index in [1.165, 1.54) is 0 Å². The molecule has 2 rings (SSSR count). The highest BCUT2D eigenvalue weighted by atomic mass is 32.1. The fourth-order valence-electron chi connectivity index (χ4n) is 1.70. The van der Waals surface area contributed by atoms with Crippen LogP contribution in [0.15, 0.2) is 11.6 Å². The molecular weight excluding hydrogens is 238 g/mol. The van der Waals surface area contributed by atoms with Crippen LogP contribution in [0.1, 0.15) is 24.3 Å². The standard InChI is InChI=1S/C11H17N3O2S/c1-8(10-12-3-5-17-10)6-13-11(15)14-9-2-4-16-7-9/h3,5,8-9H,2,4,6-7H2,1H3,(H2,13,14,15). The van der Waals surface area contributed by atoms with Crippen molar-refractivity contribution in [3.8, 4) is 0 Å². The summed E-state index contributed by atoms with van der Waals surface area (Å²) in [4.78, 5) is 15.8. The molecule has 1 aromatic heterocycles. The largest absolute Gasteiger partial charge is 0.379 e. The van der Waals surface area contributed by atoms with Crippen molar-refractivity contribution in [2.75, 3.05) is 19.8 Å². The summed E-state index contributed by atoms with van der Waals surface area (Å²) >= 11 is 1.61. The number of nitrogens with zero attached hydrogens (tertiary/aromatic N) is 1. The Bertz CT molecular complexity index is 350. The maximum atomic E-state index is 11.6. The summed E-state index contributed by atoms with van der Waals surface area (Å²) < 4.78 is 5.19. The average Bonchev–Trinajstić information content (AvgIpc) is 2.97. The number of hydrogen-bond acceptors (Lipinski definition) is 4. The summed E-state index contributed by atoms with van der Waals surface area (Å²) in [5, 5.41) is 8.74. The normalized spacial score (nSPS) is 21.1. The van der Waals surface area contributed by atoms with Crippen molar-refractivity contribution in [2.24, 2.45) is 0 Å². The van der Waals surface area contributed by atoms with Gasteiger partial charge in [-0.1, -0.05) is 6.92 Å². The van der Waals surface area contributed by atoms with Gasteiger partial charge in [-0.15, -0.1) is 11.3 Å². The second-order valence-corrected chi connectivity index (χ2v) is 5.11. The molecule has 2 N–H and O–H groups in total. The van der Waals surface area contributed by atoms with E-state index in [4.69, 9.17) is 4.74 Å². The van der Waals surface area contributed by atoms with Gasteiger partial charge in [-0.25, -0.2) is 9.78 Å². The quantitative estimate of drug-likeness (QED) is 0.853. The number of carbonyl (C=O) groups excluding carboxylic acids is 1. The summed E-state index contributed by atoms with van der Waals surface area (Å²) in [5.74, 6) is 0.251. The number of thiazole rings is 1. The zero-order chi connectivity index (χ0) is 12.1. The van der Waals surface area contributed by atoms with Gasteiger partial charge in [-0.05, 0) is 6.42 Å². The molecule has 5 nitrogen and oxygen atoms in total. The average molecular weight is 255 g/mol. The minimum atomic E-state index is -0.121. The van der Waals surface area contributed by atoms with Crippen LogP contribution in [0.3, 0.4) is 0 Å². The molecule has 1 saturated heterocycles. The van der Waals surface area contributed by atoms with Gasteiger partial charge in [0.25, 0.3) is 0 Å². The molecule has 17 heavy (non-hydrogen) atoms. The van der Waals surface area contributed by atoms with Gasteiger partial charge in [0.1, 0.15) is 0 Å². The molecule has 2 unspecified atom stereocenters. The van der Waals surface area contributed by atoms with Gasteiger partial charge >= 0.3 is 6.03 Å². The lowest BCUT2D eigenvalue weighted by Gasteiger charge is -2.14. The third-order valence-electron chi connectivity index (χ3n) is 2.71. The molecule has 2 heterocycles. The first-order valence-corrected chi connectivity index (χ1v) is 6.65. The number of aromatic nitrogens is 1. The number of rotatable bonds is 4. The van der Waals surface area contributed by atoms with Crippen molar-refractivity contribution in [1.29, 1.82) is 0 Å². The van der Waals surface area contributed by atoms with Crippen LogP contribution < -0.4 is 10.6 Å². The first kappa shape index (κ1) is 12.3. The first-order chi connectivity index (χ1) is 8.25. The fraction of sp³-hybridized carbons (Fsp3) is 0.636. The van der Waals surface area contributed by atoms with Crippen molar-refractivity contribution in [1.82, 2.24) is 15.6 Å². The predicted molar refractivity (Wildman–Crippen MR) is 66.3 cm³/mol. The molecule has 1 aliphatic heterocycles. The van der Waals surface area contributed by atoms with Crippen LogP contribution in [0.5, 0.6) is 0 Å². The Morgan fingerprint density at radius 2 is 2.65 bits per heavy atom.